The smallest absolute Gasteiger partial charge is 0.0368 e. The van der Waals surface area contributed by atoms with Crippen molar-refractivity contribution in [1.82, 2.24) is 0 Å². The average molecular weight is 396 g/mol. The fourth-order valence-electron chi connectivity index (χ4n) is 2.53. The van der Waals surface area contributed by atoms with Gasteiger partial charge in [-0.2, -0.15) is 0 Å². The highest BCUT2D eigenvalue weighted by Crippen LogP contribution is 2.23. The Labute approximate surface area is 136 Å². The van der Waals surface area contributed by atoms with E-state index in [4.69, 9.17) is 0 Å². The van der Waals surface area contributed by atoms with Crippen LogP contribution in [0.3, 0.4) is 0 Å². The van der Waals surface area contributed by atoms with Gasteiger partial charge in [-0.3, -0.25) is 0 Å². The van der Waals surface area contributed by atoms with Gasteiger partial charge >= 0.3 is 0 Å². The molecule has 4 heteroatoms. The SMILES string of the molecule is Brc1ccc(N2CCN(c3ccc(Br)cc3)CC2)cc1. The van der Waals surface area contributed by atoms with Crippen molar-refractivity contribution in [2.24, 2.45) is 0 Å². The maximum atomic E-state index is 3.48. The number of anilines is 2. The molecule has 0 atom stereocenters. The van der Waals surface area contributed by atoms with Gasteiger partial charge in [0.1, 0.15) is 0 Å². The number of benzene rings is 2. The molecule has 1 aliphatic heterocycles. The molecule has 1 fully saturated rings. The number of hydrogen-bond acceptors (Lipinski definition) is 2. The molecule has 0 spiro atoms. The monoisotopic (exact) mass is 394 g/mol. The standard InChI is InChI=1S/C16H16Br2N2/c17-13-1-5-15(6-2-13)19-9-11-20(12-10-19)16-7-3-14(18)4-8-16/h1-8H,9-12H2. The normalized spacial score (nSPS) is 15.5. The van der Waals surface area contributed by atoms with Gasteiger partial charge in [0, 0.05) is 46.5 Å². The van der Waals surface area contributed by atoms with Crippen LogP contribution in [0, 0.1) is 0 Å². The molecule has 104 valence electrons. The van der Waals surface area contributed by atoms with E-state index in [0.717, 1.165) is 35.1 Å². The first kappa shape index (κ1) is 14.0. The summed E-state index contributed by atoms with van der Waals surface area (Å²) in [6.07, 6.45) is 0. The molecular formula is C16H16Br2N2. The highest BCUT2D eigenvalue weighted by molar-refractivity contribution is 9.10. The summed E-state index contributed by atoms with van der Waals surface area (Å²) in [5.41, 5.74) is 2.62. The Morgan fingerprint density at radius 2 is 0.850 bits per heavy atom. The molecule has 1 heterocycles. The van der Waals surface area contributed by atoms with Crippen LogP contribution in [0.1, 0.15) is 0 Å². The largest absolute Gasteiger partial charge is 0.368 e. The zero-order chi connectivity index (χ0) is 13.9. The van der Waals surface area contributed by atoms with Gasteiger partial charge < -0.3 is 9.80 Å². The maximum Gasteiger partial charge on any atom is 0.0368 e. The van der Waals surface area contributed by atoms with Crippen molar-refractivity contribution in [2.75, 3.05) is 36.0 Å². The lowest BCUT2D eigenvalue weighted by molar-refractivity contribution is 0.653. The fourth-order valence-corrected chi connectivity index (χ4v) is 3.06. The van der Waals surface area contributed by atoms with E-state index in [9.17, 15) is 0 Å². The van der Waals surface area contributed by atoms with Crippen LogP contribution in [-0.2, 0) is 0 Å². The van der Waals surface area contributed by atoms with Crippen LogP contribution in [0.5, 0.6) is 0 Å². The molecular weight excluding hydrogens is 380 g/mol. The van der Waals surface area contributed by atoms with E-state index in [1.807, 2.05) is 0 Å². The van der Waals surface area contributed by atoms with E-state index < -0.39 is 0 Å². The minimum atomic E-state index is 1.07. The molecule has 0 amide bonds. The van der Waals surface area contributed by atoms with E-state index in [1.54, 1.807) is 0 Å². The molecule has 0 unspecified atom stereocenters. The summed E-state index contributed by atoms with van der Waals surface area (Å²) >= 11 is 6.97. The van der Waals surface area contributed by atoms with Crippen molar-refractivity contribution in [3.63, 3.8) is 0 Å². The van der Waals surface area contributed by atoms with Crippen LogP contribution in [0.25, 0.3) is 0 Å². The summed E-state index contributed by atoms with van der Waals surface area (Å²) in [6, 6.07) is 17.2. The van der Waals surface area contributed by atoms with Gasteiger partial charge in [-0.1, -0.05) is 31.9 Å². The maximum absolute atomic E-state index is 3.48. The van der Waals surface area contributed by atoms with Gasteiger partial charge in [0.15, 0.2) is 0 Å². The second-order valence-electron chi connectivity index (χ2n) is 4.93. The molecule has 3 rings (SSSR count). The van der Waals surface area contributed by atoms with E-state index in [-0.39, 0.29) is 0 Å². The summed E-state index contributed by atoms with van der Waals surface area (Å²) in [5, 5.41) is 0. The van der Waals surface area contributed by atoms with Crippen molar-refractivity contribution in [1.29, 1.82) is 0 Å². The minimum absolute atomic E-state index is 1.07. The van der Waals surface area contributed by atoms with Gasteiger partial charge in [0.25, 0.3) is 0 Å². The number of piperazine rings is 1. The molecule has 2 aromatic rings. The summed E-state index contributed by atoms with van der Waals surface area (Å²) in [5.74, 6) is 0. The third kappa shape index (κ3) is 3.18. The number of hydrogen-bond donors (Lipinski definition) is 0. The molecule has 1 aliphatic rings. The minimum Gasteiger partial charge on any atom is -0.368 e. The summed E-state index contributed by atoms with van der Waals surface area (Å²) in [7, 11) is 0. The van der Waals surface area contributed by atoms with Crippen LogP contribution in [0.15, 0.2) is 57.5 Å². The fraction of sp³-hybridized carbons (Fsp3) is 0.250. The van der Waals surface area contributed by atoms with Crippen LogP contribution in [-0.4, -0.2) is 26.2 Å². The Kier molecular flexibility index (Phi) is 4.32. The zero-order valence-electron chi connectivity index (χ0n) is 11.1. The van der Waals surface area contributed by atoms with Crippen molar-refractivity contribution in [3.05, 3.63) is 57.5 Å². The van der Waals surface area contributed by atoms with Crippen LogP contribution < -0.4 is 9.80 Å². The molecule has 1 saturated heterocycles. The first-order valence-corrected chi connectivity index (χ1v) is 8.32. The van der Waals surface area contributed by atoms with Gasteiger partial charge in [-0.25, -0.2) is 0 Å². The lowest BCUT2D eigenvalue weighted by Crippen LogP contribution is -2.46. The van der Waals surface area contributed by atoms with E-state index in [0.29, 0.717) is 0 Å². The van der Waals surface area contributed by atoms with E-state index in [1.165, 1.54) is 11.4 Å². The Morgan fingerprint density at radius 1 is 0.550 bits per heavy atom. The molecule has 0 N–H and O–H groups in total. The van der Waals surface area contributed by atoms with Gasteiger partial charge in [-0.05, 0) is 48.5 Å². The first-order chi connectivity index (χ1) is 9.72. The van der Waals surface area contributed by atoms with E-state index >= 15 is 0 Å². The number of nitrogens with zero attached hydrogens (tertiary/aromatic N) is 2. The van der Waals surface area contributed by atoms with Crippen LogP contribution in [0.4, 0.5) is 11.4 Å². The highest BCUT2D eigenvalue weighted by atomic mass is 79.9. The number of halogens is 2. The second-order valence-corrected chi connectivity index (χ2v) is 6.76. The predicted octanol–water partition coefficient (Wildman–Crippen LogP) is 4.54. The molecule has 2 aromatic carbocycles. The molecule has 20 heavy (non-hydrogen) atoms. The summed E-state index contributed by atoms with van der Waals surface area (Å²) < 4.78 is 2.27. The van der Waals surface area contributed by atoms with Gasteiger partial charge in [-0.15, -0.1) is 0 Å². The quantitative estimate of drug-likeness (QED) is 0.736. The second kappa shape index (κ2) is 6.19. The van der Waals surface area contributed by atoms with Crippen LogP contribution >= 0.6 is 31.9 Å². The molecule has 0 saturated carbocycles. The Hall–Kier alpha value is -1.00. The summed E-state index contributed by atoms with van der Waals surface area (Å²) in [4.78, 5) is 4.89. The molecule has 0 bridgehead atoms. The number of rotatable bonds is 2. The topological polar surface area (TPSA) is 6.48 Å². The summed E-state index contributed by atoms with van der Waals surface area (Å²) in [6.45, 7) is 4.27. The molecule has 0 radical (unpaired) electrons. The average Bonchev–Trinajstić information content (AvgIpc) is 2.49. The van der Waals surface area contributed by atoms with Gasteiger partial charge in [0.2, 0.25) is 0 Å². The predicted molar refractivity (Wildman–Crippen MR) is 92.7 cm³/mol. The van der Waals surface area contributed by atoms with Crippen molar-refractivity contribution >= 4 is 43.2 Å². The highest BCUT2D eigenvalue weighted by Gasteiger charge is 2.17. The van der Waals surface area contributed by atoms with Crippen molar-refractivity contribution < 1.29 is 0 Å². The first-order valence-electron chi connectivity index (χ1n) is 6.73. The van der Waals surface area contributed by atoms with Crippen molar-refractivity contribution in [3.8, 4) is 0 Å². The third-order valence-electron chi connectivity index (χ3n) is 3.66. The lowest BCUT2D eigenvalue weighted by atomic mass is 10.2. The van der Waals surface area contributed by atoms with Gasteiger partial charge in [0.05, 0.1) is 0 Å². The third-order valence-corrected chi connectivity index (χ3v) is 4.72. The molecule has 2 nitrogen and oxygen atoms in total. The van der Waals surface area contributed by atoms with Crippen molar-refractivity contribution in [2.45, 2.75) is 0 Å². The van der Waals surface area contributed by atoms with Crippen LogP contribution in [0.2, 0.25) is 0 Å². The zero-order valence-corrected chi connectivity index (χ0v) is 14.3. The Balaban J connectivity index is 1.64. The molecule has 0 aromatic heterocycles. The molecule has 0 aliphatic carbocycles. The van der Waals surface area contributed by atoms with E-state index in [2.05, 4.69) is 90.2 Å². The lowest BCUT2D eigenvalue weighted by Gasteiger charge is -2.37. The Morgan fingerprint density at radius 3 is 1.15 bits per heavy atom. The Bertz CT molecular complexity index is 505.